The maximum atomic E-state index is 12.7. The average molecular weight is 654 g/mol. The van der Waals surface area contributed by atoms with Gasteiger partial charge in [-0.1, -0.05) is 0 Å². The minimum absolute atomic E-state index is 0.208. The molecule has 0 unspecified atom stereocenters. The molecule has 0 aliphatic heterocycles. The second kappa shape index (κ2) is 16.3. The molecule has 0 bridgehead atoms. The van der Waals surface area contributed by atoms with Crippen molar-refractivity contribution in [3.8, 4) is 0 Å². The fourth-order valence-corrected chi connectivity index (χ4v) is 13.7. The van der Waals surface area contributed by atoms with Crippen molar-refractivity contribution < 1.29 is 23.6 Å². The number of hydrogen-bond acceptors (Lipinski definition) is 9. The van der Waals surface area contributed by atoms with E-state index in [-0.39, 0.29) is 17.3 Å². The zero-order valence-electron chi connectivity index (χ0n) is 21.1. The summed E-state index contributed by atoms with van der Waals surface area (Å²) in [6.45, 7) is 0. The molecule has 0 atom stereocenters. The van der Waals surface area contributed by atoms with E-state index in [0.717, 1.165) is 38.5 Å². The molecule has 0 aromatic rings. The molecule has 3 saturated carbocycles. The Balaban J connectivity index is 1.50. The van der Waals surface area contributed by atoms with Gasteiger partial charge in [-0.05, 0) is 0 Å². The van der Waals surface area contributed by atoms with Gasteiger partial charge in [0.2, 0.25) is 0 Å². The van der Waals surface area contributed by atoms with Gasteiger partial charge >= 0.3 is 231 Å². The summed E-state index contributed by atoms with van der Waals surface area (Å²) in [5.74, 6) is -0.669. The van der Waals surface area contributed by atoms with E-state index in [9.17, 15) is 14.4 Å². The van der Waals surface area contributed by atoms with Crippen LogP contribution in [0.15, 0.2) is 0 Å². The Hall–Kier alpha value is 0.259. The van der Waals surface area contributed by atoms with Gasteiger partial charge < -0.3 is 0 Å². The van der Waals surface area contributed by atoms with E-state index in [1.54, 1.807) is 40.2 Å². The van der Waals surface area contributed by atoms with Crippen LogP contribution in [0, 0.1) is 0 Å². The van der Waals surface area contributed by atoms with Gasteiger partial charge in [-0.2, -0.15) is 0 Å². The van der Waals surface area contributed by atoms with Crippen molar-refractivity contribution in [1.29, 1.82) is 0 Å². The van der Waals surface area contributed by atoms with Crippen molar-refractivity contribution in [2.75, 3.05) is 17.3 Å². The quantitative estimate of drug-likeness (QED) is 0.223. The molecule has 0 aromatic heterocycles. The molecule has 0 N–H and O–H groups in total. The second-order valence-electron chi connectivity index (χ2n) is 10.00. The summed E-state index contributed by atoms with van der Waals surface area (Å²) >= 11 is 0.148. The van der Waals surface area contributed by atoms with Crippen LogP contribution in [0.3, 0.4) is 0 Å². The molecular weight excluding hydrogens is 611 g/mol. The van der Waals surface area contributed by atoms with Crippen LogP contribution in [0.25, 0.3) is 0 Å². The average Bonchev–Trinajstić information content (AvgIpc) is 2.86. The molecule has 0 heterocycles. The predicted octanol–water partition coefficient (Wildman–Crippen LogP) is 6.38. The van der Waals surface area contributed by atoms with Gasteiger partial charge in [0.1, 0.15) is 0 Å². The standard InChI is InChI=1S/3C8H14O2S.CH3.Sn/c3*9-8(10)6-11-7-4-2-1-3-5-7;;/h3*7H,1-6H2,(H,9,10);1H3;/q;;;;+3/p-3. The van der Waals surface area contributed by atoms with E-state index in [0.29, 0.717) is 15.7 Å². The van der Waals surface area contributed by atoms with E-state index in [1.165, 1.54) is 57.8 Å². The molecule has 6 nitrogen and oxygen atoms in total. The van der Waals surface area contributed by atoms with Crippen molar-refractivity contribution >= 4 is 72.8 Å². The van der Waals surface area contributed by atoms with Gasteiger partial charge in [-0.15, -0.1) is 0 Å². The molecule has 0 spiro atoms. The molecule has 3 fully saturated rings. The summed E-state index contributed by atoms with van der Waals surface area (Å²) in [6, 6.07) is 0. The zero-order valence-corrected chi connectivity index (χ0v) is 26.4. The Morgan fingerprint density at radius 3 is 1.06 bits per heavy atom. The van der Waals surface area contributed by atoms with Crippen LogP contribution in [-0.2, 0) is 23.6 Å². The number of hydrogen-bond donors (Lipinski definition) is 0. The number of carbonyl (C=O) groups excluding carboxylic acids is 3. The summed E-state index contributed by atoms with van der Waals surface area (Å²) in [5, 5.41) is 1.42. The van der Waals surface area contributed by atoms with Gasteiger partial charge in [-0.25, -0.2) is 0 Å². The van der Waals surface area contributed by atoms with Crippen LogP contribution >= 0.6 is 35.3 Å². The number of carbonyl (C=O) groups is 3. The second-order valence-corrected chi connectivity index (χ2v) is 20.5. The molecule has 0 radical (unpaired) electrons. The first-order valence-electron chi connectivity index (χ1n) is 13.4. The summed E-state index contributed by atoms with van der Waals surface area (Å²) in [5.41, 5.74) is 0. The number of rotatable bonds is 12. The Kier molecular flexibility index (Phi) is 13.9. The van der Waals surface area contributed by atoms with Crippen LogP contribution in [-0.4, -0.2) is 70.5 Å². The van der Waals surface area contributed by atoms with Crippen molar-refractivity contribution in [3.05, 3.63) is 0 Å². The van der Waals surface area contributed by atoms with Crippen LogP contribution in [0.2, 0.25) is 4.94 Å². The molecule has 10 heteroatoms. The minimum atomic E-state index is -4.69. The predicted molar refractivity (Wildman–Crippen MR) is 148 cm³/mol. The first kappa shape index (κ1) is 29.8. The third-order valence-corrected chi connectivity index (χ3v) is 16.0. The summed E-state index contributed by atoms with van der Waals surface area (Å²) in [6.07, 6.45) is 17.8. The summed E-state index contributed by atoms with van der Waals surface area (Å²) in [4.78, 5) is 39.6. The Bertz CT molecular complexity index is 588. The van der Waals surface area contributed by atoms with Crippen LogP contribution in [0.1, 0.15) is 96.3 Å². The van der Waals surface area contributed by atoms with E-state index in [4.69, 9.17) is 9.22 Å². The van der Waals surface area contributed by atoms with Gasteiger partial charge in [0.05, 0.1) is 0 Å². The van der Waals surface area contributed by atoms with Crippen molar-refractivity contribution in [2.45, 2.75) is 117 Å². The maximum absolute atomic E-state index is 12.7. The van der Waals surface area contributed by atoms with Crippen molar-refractivity contribution in [3.63, 3.8) is 0 Å². The summed E-state index contributed by atoms with van der Waals surface area (Å²) in [7, 11) is 0. The SMILES string of the molecule is [CH3][Sn]([O]C(=O)CSC1CCCCC1)([O]C(=O)CSC1CCCCC1)[O]C(=O)CSC1CCCCC1. The Morgan fingerprint density at radius 2 is 0.800 bits per heavy atom. The third kappa shape index (κ3) is 12.1. The van der Waals surface area contributed by atoms with Crippen molar-refractivity contribution in [1.82, 2.24) is 0 Å². The van der Waals surface area contributed by atoms with Gasteiger partial charge in [0, 0.05) is 0 Å². The normalized spacial score (nSPS) is 20.8. The molecule has 35 heavy (non-hydrogen) atoms. The Labute approximate surface area is 229 Å². The first-order chi connectivity index (χ1) is 16.9. The van der Waals surface area contributed by atoms with Gasteiger partial charge in [0.15, 0.2) is 0 Å². The molecule has 3 aliphatic carbocycles. The Morgan fingerprint density at radius 1 is 0.543 bits per heavy atom. The molecule has 0 aromatic carbocycles. The zero-order chi connectivity index (χ0) is 24.9. The van der Waals surface area contributed by atoms with Gasteiger partial charge in [0.25, 0.3) is 0 Å². The van der Waals surface area contributed by atoms with E-state index >= 15 is 0 Å². The van der Waals surface area contributed by atoms with Gasteiger partial charge in [-0.3, -0.25) is 0 Å². The first-order valence-corrected chi connectivity index (χ1v) is 22.9. The topological polar surface area (TPSA) is 78.9 Å². The fourth-order valence-electron chi connectivity index (χ4n) is 5.02. The number of thioether (sulfide) groups is 3. The van der Waals surface area contributed by atoms with Crippen LogP contribution < -0.4 is 0 Å². The van der Waals surface area contributed by atoms with E-state index in [2.05, 4.69) is 0 Å². The summed E-state index contributed by atoms with van der Waals surface area (Å²) < 4.78 is 17.1. The molecule has 0 saturated heterocycles. The van der Waals surface area contributed by atoms with Crippen LogP contribution in [0.5, 0.6) is 0 Å². The third-order valence-electron chi connectivity index (χ3n) is 6.86. The monoisotopic (exact) mass is 654 g/mol. The molecule has 200 valence electrons. The van der Waals surface area contributed by atoms with Crippen molar-refractivity contribution in [2.24, 2.45) is 0 Å². The molecule has 3 rings (SSSR count). The molecule has 3 aliphatic rings. The van der Waals surface area contributed by atoms with Crippen LogP contribution in [0.4, 0.5) is 0 Å². The van der Waals surface area contributed by atoms with E-state index in [1.807, 2.05) is 0 Å². The van der Waals surface area contributed by atoms with E-state index < -0.39 is 37.5 Å². The fraction of sp³-hybridized carbons (Fsp3) is 0.880. The molecule has 0 amide bonds. The molecular formula is C25H42O6S3Sn.